The number of carboxylic acids is 1. The molecule has 4 aromatic rings. The fraction of sp³-hybridized carbons (Fsp3) is 0.143. The predicted molar refractivity (Wildman–Crippen MR) is 109 cm³/mol. The Morgan fingerprint density at radius 2 is 1.94 bits per heavy atom. The molecular weight excluding hydrogens is 429 g/mol. The predicted octanol–water partition coefficient (Wildman–Crippen LogP) is 4.95. The molecule has 31 heavy (non-hydrogen) atoms. The summed E-state index contributed by atoms with van der Waals surface area (Å²) in [4.78, 5) is 23.4. The first-order valence-corrected chi connectivity index (χ1v) is 9.40. The first-order valence-electron chi connectivity index (χ1n) is 9.03. The molecule has 0 radical (unpaired) electrons. The molecule has 0 aliphatic rings. The Balaban J connectivity index is 1.64. The fourth-order valence-corrected chi connectivity index (χ4v) is 3.14. The maximum Gasteiger partial charge on any atom is 0.341 e. The normalized spacial score (nSPS) is 11.0. The molecule has 8 nitrogen and oxygen atoms in total. The van der Waals surface area contributed by atoms with Crippen molar-refractivity contribution in [2.24, 2.45) is 0 Å². The number of aliphatic carboxylic acids is 1. The van der Waals surface area contributed by atoms with Crippen LogP contribution in [-0.4, -0.2) is 32.6 Å². The van der Waals surface area contributed by atoms with Crippen molar-refractivity contribution < 1.29 is 28.2 Å². The minimum absolute atomic E-state index is 0.0731. The highest BCUT2D eigenvalue weighted by molar-refractivity contribution is 6.32. The van der Waals surface area contributed by atoms with Crippen molar-refractivity contribution in [2.75, 3.05) is 6.61 Å². The van der Waals surface area contributed by atoms with E-state index in [1.807, 2.05) is 0 Å². The molecule has 2 heterocycles. The fourth-order valence-electron chi connectivity index (χ4n) is 2.98. The van der Waals surface area contributed by atoms with E-state index in [1.54, 1.807) is 26.0 Å². The number of aryl methyl sites for hydroxylation is 2. The number of halogens is 2. The van der Waals surface area contributed by atoms with E-state index in [1.165, 1.54) is 18.3 Å². The van der Waals surface area contributed by atoms with Crippen LogP contribution in [0, 0.1) is 19.7 Å². The lowest BCUT2D eigenvalue weighted by molar-refractivity contribution is -0.139. The van der Waals surface area contributed by atoms with E-state index < -0.39 is 18.4 Å². The number of ether oxygens (including phenoxy) is 2. The first-order chi connectivity index (χ1) is 14.8. The Hall–Kier alpha value is -3.72. The van der Waals surface area contributed by atoms with Gasteiger partial charge in [0.2, 0.25) is 5.89 Å². The molecular formula is C21H15ClFN3O5. The van der Waals surface area contributed by atoms with Crippen molar-refractivity contribution in [3.05, 3.63) is 58.5 Å². The molecule has 0 aliphatic heterocycles. The highest BCUT2D eigenvalue weighted by atomic mass is 35.5. The summed E-state index contributed by atoms with van der Waals surface area (Å²) in [5.41, 5.74) is 2.69. The molecule has 1 N–H and O–H groups in total. The number of oxazole rings is 1. The van der Waals surface area contributed by atoms with Crippen LogP contribution in [-0.2, 0) is 4.79 Å². The summed E-state index contributed by atoms with van der Waals surface area (Å²) >= 11 is 6.00. The Morgan fingerprint density at radius 3 is 2.65 bits per heavy atom. The van der Waals surface area contributed by atoms with Crippen LogP contribution in [0.4, 0.5) is 4.39 Å². The van der Waals surface area contributed by atoms with E-state index in [4.69, 9.17) is 30.6 Å². The number of fused-ring (bicyclic) bond motifs is 1. The minimum atomic E-state index is -1.06. The van der Waals surface area contributed by atoms with Crippen molar-refractivity contribution in [2.45, 2.75) is 13.8 Å². The highest BCUT2D eigenvalue weighted by Crippen LogP contribution is 2.32. The summed E-state index contributed by atoms with van der Waals surface area (Å²) in [5.74, 6) is -0.711. The number of hydrogen-bond acceptors (Lipinski definition) is 7. The summed E-state index contributed by atoms with van der Waals surface area (Å²) in [5, 5.41) is 9.02. The molecule has 2 aromatic heterocycles. The van der Waals surface area contributed by atoms with E-state index in [2.05, 4.69) is 15.0 Å². The second kappa shape index (κ2) is 8.19. The first kappa shape index (κ1) is 20.5. The van der Waals surface area contributed by atoms with E-state index in [0.29, 0.717) is 22.7 Å². The molecule has 0 amide bonds. The highest BCUT2D eigenvalue weighted by Gasteiger charge is 2.16. The summed E-state index contributed by atoms with van der Waals surface area (Å²) < 4.78 is 30.0. The lowest BCUT2D eigenvalue weighted by Gasteiger charge is -2.11. The van der Waals surface area contributed by atoms with Crippen LogP contribution in [0.5, 0.6) is 17.5 Å². The standard InChI is InChI=1S/C21H15ClFN3O5/c1-10-5-12(6-11(2)18(10)29-9-17(27)28)19-25-15-8-24-21(26-20(15)31-19)30-16-7-13(23)3-4-14(16)22/h3-8H,9H2,1-2H3,(H,27,28). The maximum atomic E-state index is 13.4. The van der Waals surface area contributed by atoms with Crippen molar-refractivity contribution in [1.82, 2.24) is 15.0 Å². The molecule has 0 spiro atoms. The van der Waals surface area contributed by atoms with Crippen molar-refractivity contribution in [1.29, 1.82) is 0 Å². The third kappa shape index (κ3) is 4.41. The Bertz CT molecular complexity index is 1280. The molecule has 0 unspecified atom stereocenters. The molecule has 158 valence electrons. The average molecular weight is 444 g/mol. The molecule has 4 rings (SSSR count). The van der Waals surface area contributed by atoms with Gasteiger partial charge in [-0.25, -0.2) is 19.2 Å². The quantitative estimate of drug-likeness (QED) is 0.446. The molecule has 0 saturated heterocycles. The van der Waals surface area contributed by atoms with Gasteiger partial charge in [-0.05, 0) is 49.2 Å². The topological polar surface area (TPSA) is 108 Å². The van der Waals surface area contributed by atoms with Gasteiger partial charge in [-0.1, -0.05) is 11.6 Å². The summed E-state index contributed by atoms with van der Waals surface area (Å²) in [6.45, 7) is 3.16. The number of carboxylic acid groups (broad SMARTS) is 1. The van der Waals surface area contributed by atoms with Gasteiger partial charge in [0.25, 0.3) is 5.71 Å². The number of carbonyl (C=O) groups is 1. The van der Waals surface area contributed by atoms with Gasteiger partial charge in [-0.3, -0.25) is 0 Å². The lowest BCUT2D eigenvalue weighted by Crippen LogP contribution is -2.10. The van der Waals surface area contributed by atoms with E-state index in [9.17, 15) is 9.18 Å². The largest absolute Gasteiger partial charge is 0.481 e. The number of nitrogens with zero attached hydrogens (tertiary/aromatic N) is 3. The summed E-state index contributed by atoms with van der Waals surface area (Å²) in [7, 11) is 0. The molecule has 0 fully saturated rings. The van der Waals surface area contributed by atoms with Crippen LogP contribution < -0.4 is 9.47 Å². The Kier molecular flexibility index (Phi) is 5.43. The molecule has 2 aromatic carbocycles. The van der Waals surface area contributed by atoms with Gasteiger partial charge < -0.3 is 19.0 Å². The number of rotatable bonds is 6. The van der Waals surface area contributed by atoms with E-state index in [-0.39, 0.29) is 22.5 Å². The van der Waals surface area contributed by atoms with Gasteiger partial charge in [0.15, 0.2) is 12.4 Å². The summed E-state index contributed by atoms with van der Waals surface area (Å²) in [6.07, 6.45) is 1.42. The van der Waals surface area contributed by atoms with Crippen LogP contribution >= 0.6 is 11.6 Å². The smallest absolute Gasteiger partial charge is 0.341 e. The van der Waals surface area contributed by atoms with Gasteiger partial charge >= 0.3 is 12.0 Å². The zero-order chi connectivity index (χ0) is 22.1. The van der Waals surface area contributed by atoms with E-state index >= 15 is 0 Å². The lowest BCUT2D eigenvalue weighted by atomic mass is 10.1. The van der Waals surface area contributed by atoms with E-state index in [0.717, 1.165) is 17.2 Å². The number of hydrogen-bond donors (Lipinski definition) is 1. The zero-order valence-corrected chi connectivity index (χ0v) is 17.1. The molecule has 10 heteroatoms. The van der Waals surface area contributed by atoms with Crippen LogP contribution in [0.1, 0.15) is 11.1 Å². The van der Waals surface area contributed by atoms with Crippen molar-refractivity contribution in [3.63, 3.8) is 0 Å². The average Bonchev–Trinajstić information content (AvgIpc) is 3.13. The van der Waals surface area contributed by atoms with Gasteiger partial charge in [0.1, 0.15) is 17.1 Å². The molecule has 0 atom stereocenters. The second-order valence-electron chi connectivity index (χ2n) is 6.66. The van der Waals surface area contributed by atoms with Gasteiger partial charge in [0.05, 0.1) is 11.2 Å². The van der Waals surface area contributed by atoms with Crippen LogP contribution in [0.25, 0.3) is 22.7 Å². The molecule has 0 bridgehead atoms. The zero-order valence-electron chi connectivity index (χ0n) is 16.3. The SMILES string of the molecule is Cc1cc(-c2nc3cnc(Oc4cc(F)ccc4Cl)nc3o2)cc(C)c1OCC(=O)O. The van der Waals surface area contributed by atoms with Gasteiger partial charge in [-0.15, -0.1) is 0 Å². The Morgan fingerprint density at radius 1 is 1.19 bits per heavy atom. The monoisotopic (exact) mass is 443 g/mol. The molecule has 0 saturated carbocycles. The Labute approximate surface area is 180 Å². The van der Waals surface area contributed by atoms with Crippen LogP contribution in [0.3, 0.4) is 0 Å². The molecule has 0 aliphatic carbocycles. The van der Waals surface area contributed by atoms with Crippen LogP contribution in [0.15, 0.2) is 40.9 Å². The number of benzene rings is 2. The number of aromatic nitrogens is 3. The summed E-state index contributed by atoms with van der Waals surface area (Å²) in [6, 6.07) is 7.17. The van der Waals surface area contributed by atoms with Crippen molar-refractivity contribution in [3.8, 4) is 29.0 Å². The third-order valence-electron chi connectivity index (χ3n) is 4.27. The third-order valence-corrected chi connectivity index (χ3v) is 4.58. The minimum Gasteiger partial charge on any atom is -0.481 e. The van der Waals surface area contributed by atoms with Gasteiger partial charge in [0, 0.05) is 11.6 Å². The van der Waals surface area contributed by atoms with Gasteiger partial charge in [-0.2, -0.15) is 4.98 Å². The second-order valence-corrected chi connectivity index (χ2v) is 7.07. The maximum absolute atomic E-state index is 13.4. The van der Waals surface area contributed by atoms with Crippen LogP contribution in [0.2, 0.25) is 5.02 Å². The van der Waals surface area contributed by atoms with Crippen molar-refractivity contribution >= 4 is 28.8 Å².